The average Bonchev–Trinajstić information content (AvgIpc) is 3.45. The van der Waals surface area contributed by atoms with Crippen LogP contribution in [0.5, 0.6) is 0 Å². The lowest BCUT2D eigenvalue weighted by Gasteiger charge is -2.17. The molecular weight excluding hydrogens is 460 g/mol. The number of benzene rings is 3. The van der Waals surface area contributed by atoms with Crippen molar-refractivity contribution in [3.8, 4) is 11.1 Å². The van der Waals surface area contributed by atoms with Crippen LogP contribution in [0.2, 0.25) is 0 Å². The summed E-state index contributed by atoms with van der Waals surface area (Å²) in [4.78, 5) is 39.6. The van der Waals surface area contributed by atoms with Crippen LogP contribution in [0.1, 0.15) is 33.0 Å². The van der Waals surface area contributed by atoms with Crippen molar-refractivity contribution >= 4 is 28.9 Å². The summed E-state index contributed by atoms with van der Waals surface area (Å²) in [6.45, 7) is 0.0851. The predicted molar refractivity (Wildman–Crippen MR) is 133 cm³/mol. The van der Waals surface area contributed by atoms with Gasteiger partial charge in [0.25, 0.3) is 0 Å². The van der Waals surface area contributed by atoms with E-state index in [1.165, 1.54) is 7.11 Å². The molecule has 8 heteroatoms. The highest BCUT2D eigenvalue weighted by Gasteiger charge is 2.30. The van der Waals surface area contributed by atoms with Gasteiger partial charge in [-0.25, -0.2) is 14.4 Å². The molecule has 1 aromatic heterocycles. The molecule has 0 saturated heterocycles. The van der Waals surface area contributed by atoms with Crippen LogP contribution < -0.4 is 5.32 Å². The van der Waals surface area contributed by atoms with E-state index in [0.717, 1.165) is 27.8 Å². The van der Waals surface area contributed by atoms with E-state index in [-0.39, 0.29) is 18.9 Å². The second kappa shape index (κ2) is 9.58. The van der Waals surface area contributed by atoms with E-state index >= 15 is 0 Å². The number of aromatic nitrogens is 1. The van der Waals surface area contributed by atoms with Crippen LogP contribution in [-0.4, -0.2) is 47.9 Å². The summed E-state index contributed by atoms with van der Waals surface area (Å²) >= 11 is 0. The number of H-pyrrole nitrogens is 1. The topological polar surface area (TPSA) is 118 Å². The highest BCUT2D eigenvalue weighted by Crippen LogP contribution is 2.44. The molecule has 0 bridgehead atoms. The maximum atomic E-state index is 12.6. The normalized spacial score (nSPS) is 13.0. The molecule has 5 rings (SSSR count). The molecule has 3 aromatic carbocycles. The third kappa shape index (κ3) is 4.29. The van der Waals surface area contributed by atoms with E-state index in [1.54, 1.807) is 24.4 Å². The van der Waals surface area contributed by atoms with Crippen molar-refractivity contribution in [2.45, 2.75) is 18.4 Å². The van der Waals surface area contributed by atoms with Gasteiger partial charge < -0.3 is 24.9 Å². The molecule has 1 aliphatic carbocycles. The summed E-state index contributed by atoms with van der Waals surface area (Å²) in [7, 11) is 1.29. The number of amides is 1. The standard InChI is InChI=1S/C28H24N2O6/c1-35-27(33)16-10-11-24-22(12-16)17(14-29-24)13-25(26(31)32)30-28(34)36-15-23-20-8-4-2-6-18(20)19-7-3-5-9-21(19)23/h2-12,14,23,25,29H,13,15H2,1H3,(H,30,34)(H,31,32). The van der Waals surface area contributed by atoms with Crippen molar-refractivity contribution in [2.24, 2.45) is 0 Å². The van der Waals surface area contributed by atoms with Crippen LogP contribution in [0.4, 0.5) is 4.79 Å². The molecule has 0 spiro atoms. The molecule has 3 N–H and O–H groups in total. The first-order chi connectivity index (χ1) is 17.5. The fourth-order valence-corrected chi connectivity index (χ4v) is 4.79. The summed E-state index contributed by atoms with van der Waals surface area (Å²) in [5, 5.41) is 12.9. The fourth-order valence-electron chi connectivity index (χ4n) is 4.79. The lowest BCUT2D eigenvalue weighted by atomic mass is 9.98. The number of carbonyl (C=O) groups is 3. The van der Waals surface area contributed by atoms with Crippen LogP contribution in [0, 0.1) is 0 Å². The summed E-state index contributed by atoms with van der Waals surface area (Å²) in [5.74, 6) is -1.81. The molecule has 4 aromatic rings. The first kappa shape index (κ1) is 23.2. The molecular formula is C28H24N2O6. The maximum Gasteiger partial charge on any atom is 0.407 e. The SMILES string of the molecule is COC(=O)c1ccc2[nH]cc(CC(NC(=O)OCC3c4ccccc4-c4ccccc43)C(=O)O)c2c1. The van der Waals surface area contributed by atoms with Crippen molar-refractivity contribution < 1.29 is 29.0 Å². The van der Waals surface area contributed by atoms with Crippen LogP contribution >= 0.6 is 0 Å². The third-order valence-corrected chi connectivity index (χ3v) is 6.55. The monoisotopic (exact) mass is 484 g/mol. The van der Waals surface area contributed by atoms with Crippen molar-refractivity contribution in [3.63, 3.8) is 0 Å². The molecule has 0 radical (unpaired) electrons. The highest BCUT2D eigenvalue weighted by molar-refractivity contribution is 5.96. The number of hydrogen-bond donors (Lipinski definition) is 3. The zero-order chi connectivity index (χ0) is 25.2. The number of hydrogen-bond acceptors (Lipinski definition) is 5. The van der Waals surface area contributed by atoms with Crippen molar-refractivity contribution in [2.75, 3.05) is 13.7 Å². The van der Waals surface area contributed by atoms with Gasteiger partial charge in [0.15, 0.2) is 0 Å². The molecule has 36 heavy (non-hydrogen) atoms. The Morgan fingerprint density at radius 1 is 1.00 bits per heavy atom. The first-order valence-corrected chi connectivity index (χ1v) is 11.5. The average molecular weight is 485 g/mol. The molecule has 1 atom stereocenters. The molecule has 1 amide bonds. The van der Waals surface area contributed by atoms with Crippen LogP contribution in [0.3, 0.4) is 0 Å². The number of carbonyl (C=O) groups excluding carboxylic acids is 2. The first-order valence-electron chi connectivity index (χ1n) is 11.5. The predicted octanol–water partition coefficient (Wildman–Crippen LogP) is 4.49. The van der Waals surface area contributed by atoms with E-state index < -0.39 is 24.1 Å². The number of aliphatic carboxylic acids is 1. The van der Waals surface area contributed by atoms with Gasteiger partial charge in [-0.1, -0.05) is 48.5 Å². The molecule has 0 fully saturated rings. The number of nitrogens with one attached hydrogen (secondary N) is 2. The zero-order valence-electron chi connectivity index (χ0n) is 19.5. The van der Waals surface area contributed by atoms with Crippen LogP contribution in [0.25, 0.3) is 22.0 Å². The van der Waals surface area contributed by atoms with E-state index in [2.05, 4.69) is 10.3 Å². The van der Waals surface area contributed by atoms with Crippen molar-refractivity contribution in [1.82, 2.24) is 10.3 Å². The Bertz CT molecular complexity index is 1430. The second-order valence-electron chi connectivity index (χ2n) is 8.63. The van der Waals surface area contributed by atoms with E-state index in [9.17, 15) is 19.5 Å². The summed E-state index contributed by atoms with van der Waals surface area (Å²) in [6, 6.07) is 19.7. The van der Waals surface area contributed by atoms with Gasteiger partial charge in [-0.2, -0.15) is 0 Å². The molecule has 1 heterocycles. The number of fused-ring (bicyclic) bond motifs is 4. The summed E-state index contributed by atoms with van der Waals surface area (Å²) < 4.78 is 10.3. The van der Waals surface area contributed by atoms with Gasteiger partial charge in [-0.05, 0) is 46.0 Å². The highest BCUT2D eigenvalue weighted by atomic mass is 16.5. The number of ether oxygens (including phenoxy) is 2. The van der Waals surface area contributed by atoms with E-state index in [0.29, 0.717) is 16.5 Å². The van der Waals surface area contributed by atoms with Crippen molar-refractivity contribution in [1.29, 1.82) is 0 Å². The Hall–Kier alpha value is -4.59. The van der Waals surface area contributed by atoms with Gasteiger partial charge >= 0.3 is 18.0 Å². The molecule has 1 unspecified atom stereocenters. The molecule has 8 nitrogen and oxygen atoms in total. The van der Waals surface area contributed by atoms with Crippen LogP contribution in [-0.2, 0) is 20.7 Å². The smallest absolute Gasteiger partial charge is 0.407 e. The number of carboxylic acid groups (broad SMARTS) is 1. The van der Waals surface area contributed by atoms with Gasteiger partial charge in [-0.15, -0.1) is 0 Å². The number of carboxylic acids is 1. The minimum absolute atomic E-state index is 0.00412. The Morgan fingerprint density at radius 2 is 1.67 bits per heavy atom. The molecule has 0 aliphatic heterocycles. The Labute approximate surface area is 206 Å². The number of aromatic amines is 1. The molecule has 1 aliphatic rings. The lowest BCUT2D eigenvalue weighted by molar-refractivity contribution is -0.139. The van der Waals surface area contributed by atoms with Gasteiger partial charge in [0.1, 0.15) is 12.6 Å². The van der Waals surface area contributed by atoms with Gasteiger partial charge in [0.05, 0.1) is 12.7 Å². The third-order valence-electron chi connectivity index (χ3n) is 6.55. The summed E-state index contributed by atoms with van der Waals surface area (Å²) in [5.41, 5.74) is 6.09. The Balaban J connectivity index is 1.29. The molecule has 182 valence electrons. The molecule has 0 saturated carbocycles. The second-order valence-corrected chi connectivity index (χ2v) is 8.63. The number of methoxy groups -OCH3 is 1. The zero-order valence-corrected chi connectivity index (χ0v) is 19.5. The van der Waals surface area contributed by atoms with E-state index in [4.69, 9.17) is 9.47 Å². The summed E-state index contributed by atoms with van der Waals surface area (Å²) in [6.07, 6.45) is 0.866. The van der Waals surface area contributed by atoms with Gasteiger partial charge in [-0.3, -0.25) is 0 Å². The minimum atomic E-state index is -1.22. The maximum absolute atomic E-state index is 12.6. The van der Waals surface area contributed by atoms with Crippen molar-refractivity contribution in [3.05, 3.63) is 95.2 Å². The fraction of sp³-hybridized carbons (Fsp3) is 0.179. The lowest BCUT2D eigenvalue weighted by Crippen LogP contribution is -2.42. The van der Waals surface area contributed by atoms with Gasteiger partial charge in [0.2, 0.25) is 0 Å². The largest absolute Gasteiger partial charge is 0.480 e. The van der Waals surface area contributed by atoms with E-state index in [1.807, 2.05) is 48.5 Å². The quantitative estimate of drug-likeness (QED) is 0.333. The van der Waals surface area contributed by atoms with Gasteiger partial charge in [0, 0.05) is 29.4 Å². The number of esters is 1. The Morgan fingerprint density at radius 3 is 2.31 bits per heavy atom. The minimum Gasteiger partial charge on any atom is -0.480 e. The number of alkyl carbamates (subject to hydrolysis) is 1. The van der Waals surface area contributed by atoms with Crippen LogP contribution in [0.15, 0.2) is 72.9 Å². The Kier molecular flexibility index (Phi) is 6.16. The number of rotatable bonds is 7.